The summed E-state index contributed by atoms with van der Waals surface area (Å²) < 4.78 is 0. The van der Waals surface area contributed by atoms with Crippen molar-refractivity contribution in [3.63, 3.8) is 0 Å². The van der Waals surface area contributed by atoms with Gasteiger partial charge in [0.25, 0.3) is 0 Å². The number of aromatic nitrogens is 1. The fourth-order valence-electron chi connectivity index (χ4n) is 2.18. The number of hydrogen-bond acceptors (Lipinski definition) is 3. The van der Waals surface area contributed by atoms with Gasteiger partial charge in [0.2, 0.25) is 0 Å². The van der Waals surface area contributed by atoms with Crippen LogP contribution in [0.25, 0.3) is 0 Å². The summed E-state index contributed by atoms with van der Waals surface area (Å²) in [5.74, 6) is 0. The lowest BCUT2D eigenvalue weighted by molar-refractivity contribution is 0.128. The predicted octanol–water partition coefficient (Wildman–Crippen LogP) is 2.00. The van der Waals surface area contributed by atoms with Crippen molar-refractivity contribution in [1.29, 1.82) is 0 Å². The monoisotopic (exact) mass is 219 g/mol. The molecular weight excluding hydrogens is 198 g/mol. The molecule has 3 nitrogen and oxygen atoms in total. The van der Waals surface area contributed by atoms with Crippen molar-refractivity contribution >= 4 is 5.69 Å². The second kappa shape index (κ2) is 4.42. The van der Waals surface area contributed by atoms with Gasteiger partial charge in [0, 0.05) is 37.9 Å². The van der Waals surface area contributed by atoms with Crippen LogP contribution in [0, 0.1) is 0 Å². The Morgan fingerprint density at radius 3 is 2.31 bits per heavy atom. The molecule has 0 spiro atoms. The Balaban J connectivity index is 1.96. The lowest BCUT2D eigenvalue weighted by Crippen LogP contribution is -2.53. The third kappa shape index (κ3) is 2.53. The molecule has 2 rings (SSSR count). The molecule has 0 amide bonds. The van der Waals surface area contributed by atoms with Crippen LogP contribution in [0.2, 0.25) is 0 Å². The first-order chi connectivity index (χ1) is 7.57. The van der Waals surface area contributed by atoms with Crippen LogP contribution in [0.3, 0.4) is 0 Å². The molecule has 3 heteroatoms. The first kappa shape index (κ1) is 11.4. The third-order valence-corrected chi connectivity index (χ3v) is 3.24. The van der Waals surface area contributed by atoms with Crippen LogP contribution in [-0.2, 0) is 0 Å². The molecule has 1 aromatic rings. The number of rotatable bonds is 1. The van der Waals surface area contributed by atoms with Crippen molar-refractivity contribution < 1.29 is 0 Å². The zero-order chi connectivity index (χ0) is 11.6. The van der Waals surface area contributed by atoms with Crippen LogP contribution in [0.5, 0.6) is 0 Å². The van der Waals surface area contributed by atoms with Gasteiger partial charge >= 0.3 is 0 Å². The van der Waals surface area contributed by atoms with Crippen LogP contribution in [0.4, 0.5) is 5.69 Å². The summed E-state index contributed by atoms with van der Waals surface area (Å²) in [4.78, 5) is 9.13. The Bertz CT molecular complexity index is 321. The van der Waals surface area contributed by atoms with Gasteiger partial charge in [-0.3, -0.25) is 9.88 Å². The second-order valence-electron chi connectivity index (χ2n) is 5.36. The molecule has 2 heterocycles. The van der Waals surface area contributed by atoms with E-state index in [0.29, 0.717) is 5.54 Å². The quantitative estimate of drug-likeness (QED) is 0.720. The van der Waals surface area contributed by atoms with Crippen LogP contribution in [0.15, 0.2) is 24.5 Å². The number of piperazine rings is 1. The lowest BCUT2D eigenvalue weighted by Gasteiger charge is -2.42. The highest BCUT2D eigenvalue weighted by Crippen LogP contribution is 2.19. The minimum absolute atomic E-state index is 0.293. The maximum absolute atomic E-state index is 4.17. The van der Waals surface area contributed by atoms with E-state index in [-0.39, 0.29) is 0 Å². The maximum Gasteiger partial charge on any atom is 0.0553 e. The van der Waals surface area contributed by atoms with Gasteiger partial charge in [-0.1, -0.05) is 0 Å². The average molecular weight is 219 g/mol. The SMILES string of the molecule is CC(C)(C)N1CCN(c2cccnc2)CC1. The summed E-state index contributed by atoms with van der Waals surface area (Å²) in [6.45, 7) is 11.3. The Hall–Kier alpha value is -1.09. The molecule has 0 atom stereocenters. The van der Waals surface area contributed by atoms with Crippen LogP contribution < -0.4 is 4.90 Å². The molecule has 1 fully saturated rings. The van der Waals surface area contributed by atoms with E-state index in [1.807, 2.05) is 18.5 Å². The fourth-order valence-corrected chi connectivity index (χ4v) is 2.18. The summed E-state index contributed by atoms with van der Waals surface area (Å²) in [6.07, 6.45) is 3.78. The van der Waals surface area contributed by atoms with Crippen molar-refractivity contribution in [1.82, 2.24) is 9.88 Å². The standard InChI is InChI=1S/C13H21N3/c1-13(2,3)16-9-7-15(8-10-16)12-5-4-6-14-11-12/h4-6,11H,7-10H2,1-3H3. The number of pyridine rings is 1. The Morgan fingerprint density at radius 2 is 1.81 bits per heavy atom. The summed E-state index contributed by atoms with van der Waals surface area (Å²) in [7, 11) is 0. The van der Waals surface area contributed by atoms with E-state index < -0.39 is 0 Å². The van der Waals surface area contributed by atoms with E-state index in [1.165, 1.54) is 5.69 Å². The smallest absolute Gasteiger partial charge is 0.0553 e. The van der Waals surface area contributed by atoms with Gasteiger partial charge in [-0.25, -0.2) is 0 Å². The molecule has 0 bridgehead atoms. The highest BCUT2D eigenvalue weighted by atomic mass is 15.3. The molecule has 0 N–H and O–H groups in total. The van der Waals surface area contributed by atoms with Crippen molar-refractivity contribution in [3.8, 4) is 0 Å². The highest BCUT2D eigenvalue weighted by molar-refractivity contribution is 5.44. The van der Waals surface area contributed by atoms with Crippen LogP contribution in [-0.4, -0.2) is 41.6 Å². The topological polar surface area (TPSA) is 19.4 Å². The fraction of sp³-hybridized carbons (Fsp3) is 0.615. The molecule has 88 valence electrons. The minimum Gasteiger partial charge on any atom is -0.368 e. The van der Waals surface area contributed by atoms with E-state index >= 15 is 0 Å². The predicted molar refractivity (Wildman–Crippen MR) is 67.8 cm³/mol. The number of nitrogens with zero attached hydrogens (tertiary/aromatic N) is 3. The molecule has 0 aromatic carbocycles. The molecule has 1 aromatic heterocycles. The molecule has 0 saturated carbocycles. The van der Waals surface area contributed by atoms with E-state index in [1.54, 1.807) is 0 Å². The van der Waals surface area contributed by atoms with Gasteiger partial charge in [0.05, 0.1) is 11.9 Å². The summed E-state index contributed by atoms with van der Waals surface area (Å²) in [6, 6.07) is 4.14. The van der Waals surface area contributed by atoms with E-state index in [0.717, 1.165) is 26.2 Å². The molecule has 0 radical (unpaired) electrons. The normalized spacial score (nSPS) is 18.8. The third-order valence-electron chi connectivity index (χ3n) is 3.24. The van der Waals surface area contributed by atoms with Gasteiger partial charge < -0.3 is 4.90 Å². The van der Waals surface area contributed by atoms with Gasteiger partial charge in [-0.05, 0) is 32.9 Å². The molecule has 1 aliphatic rings. The second-order valence-corrected chi connectivity index (χ2v) is 5.36. The average Bonchev–Trinajstić information content (AvgIpc) is 2.29. The van der Waals surface area contributed by atoms with Crippen LogP contribution in [0.1, 0.15) is 20.8 Å². The highest BCUT2D eigenvalue weighted by Gasteiger charge is 2.25. The number of anilines is 1. The first-order valence-electron chi connectivity index (χ1n) is 5.97. The molecule has 16 heavy (non-hydrogen) atoms. The maximum atomic E-state index is 4.17. The van der Waals surface area contributed by atoms with Crippen molar-refractivity contribution in [2.24, 2.45) is 0 Å². The largest absolute Gasteiger partial charge is 0.368 e. The van der Waals surface area contributed by atoms with Crippen molar-refractivity contribution in [3.05, 3.63) is 24.5 Å². The lowest BCUT2D eigenvalue weighted by atomic mass is 10.0. The van der Waals surface area contributed by atoms with E-state index in [9.17, 15) is 0 Å². The zero-order valence-electron chi connectivity index (χ0n) is 10.5. The van der Waals surface area contributed by atoms with E-state index in [2.05, 4.69) is 41.6 Å². The Kier molecular flexibility index (Phi) is 3.15. The molecular formula is C13H21N3. The Morgan fingerprint density at radius 1 is 1.12 bits per heavy atom. The summed E-state index contributed by atoms with van der Waals surface area (Å²) >= 11 is 0. The van der Waals surface area contributed by atoms with Gasteiger partial charge in [0.1, 0.15) is 0 Å². The molecule has 0 unspecified atom stereocenters. The van der Waals surface area contributed by atoms with Gasteiger partial charge in [-0.15, -0.1) is 0 Å². The van der Waals surface area contributed by atoms with Gasteiger partial charge in [-0.2, -0.15) is 0 Å². The molecule has 1 saturated heterocycles. The molecule has 0 aliphatic carbocycles. The van der Waals surface area contributed by atoms with Crippen molar-refractivity contribution in [2.45, 2.75) is 26.3 Å². The Labute approximate surface area is 98.1 Å². The minimum atomic E-state index is 0.293. The van der Waals surface area contributed by atoms with Crippen LogP contribution >= 0.6 is 0 Å². The van der Waals surface area contributed by atoms with E-state index in [4.69, 9.17) is 0 Å². The summed E-state index contributed by atoms with van der Waals surface area (Å²) in [5, 5.41) is 0. The zero-order valence-corrected chi connectivity index (χ0v) is 10.5. The first-order valence-corrected chi connectivity index (χ1v) is 5.97. The summed E-state index contributed by atoms with van der Waals surface area (Å²) in [5.41, 5.74) is 1.54. The van der Waals surface area contributed by atoms with Gasteiger partial charge in [0.15, 0.2) is 0 Å². The van der Waals surface area contributed by atoms with Crippen molar-refractivity contribution in [2.75, 3.05) is 31.1 Å². The molecule has 1 aliphatic heterocycles. The number of hydrogen-bond donors (Lipinski definition) is 0.